The summed E-state index contributed by atoms with van der Waals surface area (Å²) < 4.78 is 0. The number of aliphatic hydroxyl groups excluding tert-OH is 1. The zero-order valence-electron chi connectivity index (χ0n) is 14.3. The van der Waals surface area contributed by atoms with Crippen molar-refractivity contribution in [3.05, 3.63) is 0 Å². The zero-order chi connectivity index (χ0) is 15.2. The Morgan fingerprint density at radius 2 is 2.05 bits per heavy atom. The maximum Gasteiger partial charge on any atom is 0.0443 e. The highest BCUT2D eigenvalue weighted by molar-refractivity contribution is 4.90. The molecule has 2 atom stereocenters. The molecule has 0 heterocycles. The number of rotatable bonds is 8. The summed E-state index contributed by atoms with van der Waals surface area (Å²) in [4.78, 5) is 2.55. The van der Waals surface area contributed by atoms with Gasteiger partial charge in [-0.25, -0.2) is 0 Å². The minimum atomic E-state index is 0.302. The fourth-order valence-corrected chi connectivity index (χ4v) is 3.59. The number of nitrogens with zero attached hydrogens (tertiary/aromatic N) is 1. The number of nitrogens with one attached hydrogen (secondary N) is 1. The Kier molecular flexibility index (Phi) is 7.49. The van der Waals surface area contributed by atoms with Crippen molar-refractivity contribution in [3.63, 3.8) is 0 Å². The standard InChI is InChI=1S/C17H36N2O/c1-6-18-16-8-9-17(4,5)12-15(16)13-19(14(2)3)10-7-11-20/h14-16,18,20H,6-13H2,1-5H3. The molecule has 0 amide bonds. The van der Waals surface area contributed by atoms with Crippen LogP contribution in [0.25, 0.3) is 0 Å². The summed E-state index contributed by atoms with van der Waals surface area (Å²) in [6.07, 6.45) is 4.84. The normalized spacial score (nSPS) is 26.4. The SMILES string of the molecule is CCNC1CCC(C)(C)CC1CN(CCCO)C(C)C. The molecule has 2 unspecified atom stereocenters. The van der Waals surface area contributed by atoms with Gasteiger partial charge in [0, 0.05) is 31.8 Å². The molecule has 1 fully saturated rings. The van der Waals surface area contributed by atoms with Crippen LogP contribution in [0.1, 0.15) is 60.3 Å². The van der Waals surface area contributed by atoms with Gasteiger partial charge < -0.3 is 15.3 Å². The quantitative estimate of drug-likeness (QED) is 0.719. The lowest BCUT2D eigenvalue weighted by atomic mass is 9.69. The minimum absolute atomic E-state index is 0.302. The number of hydrogen-bond acceptors (Lipinski definition) is 3. The van der Waals surface area contributed by atoms with Gasteiger partial charge in [0.05, 0.1) is 0 Å². The van der Waals surface area contributed by atoms with Crippen LogP contribution < -0.4 is 5.32 Å². The molecule has 1 rings (SSSR count). The molecule has 1 aliphatic carbocycles. The predicted molar refractivity (Wildman–Crippen MR) is 87.0 cm³/mol. The van der Waals surface area contributed by atoms with Crippen molar-refractivity contribution in [1.29, 1.82) is 0 Å². The van der Waals surface area contributed by atoms with E-state index < -0.39 is 0 Å². The molecule has 20 heavy (non-hydrogen) atoms. The van der Waals surface area contributed by atoms with Crippen LogP contribution in [0.3, 0.4) is 0 Å². The van der Waals surface area contributed by atoms with E-state index in [1.165, 1.54) is 25.8 Å². The molecule has 0 aliphatic heterocycles. The van der Waals surface area contributed by atoms with Gasteiger partial charge >= 0.3 is 0 Å². The molecule has 1 saturated carbocycles. The van der Waals surface area contributed by atoms with Gasteiger partial charge in [-0.3, -0.25) is 0 Å². The van der Waals surface area contributed by atoms with Gasteiger partial charge in [-0.05, 0) is 57.4 Å². The van der Waals surface area contributed by atoms with E-state index in [2.05, 4.69) is 44.8 Å². The molecule has 3 nitrogen and oxygen atoms in total. The molecule has 0 aromatic carbocycles. The number of aliphatic hydroxyl groups is 1. The molecule has 0 bridgehead atoms. The molecule has 0 radical (unpaired) electrons. The van der Waals surface area contributed by atoms with Gasteiger partial charge in [-0.15, -0.1) is 0 Å². The first-order valence-corrected chi connectivity index (χ1v) is 8.48. The van der Waals surface area contributed by atoms with Crippen LogP contribution >= 0.6 is 0 Å². The first-order chi connectivity index (χ1) is 9.39. The van der Waals surface area contributed by atoms with Gasteiger partial charge in [0.2, 0.25) is 0 Å². The second-order valence-electron chi connectivity index (χ2n) is 7.50. The molecule has 0 saturated heterocycles. The van der Waals surface area contributed by atoms with Crippen LogP contribution in [0.2, 0.25) is 0 Å². The van der Waals surface area contributed by atoms with Crippen molar-refractivity contribution in [3.8, 4) is 0 Å². The van der Waals surface area contributed by atoms with Crippen molar-refractivity contribution >= 4 is 0 Å². The molecule has 3 heteroatoms. The molecular weight excluding hydrogens is 248 g/mol. The van der Waals surface area contributed by atoms with Gasteiger partial charge in [-0.2, -0.15) is 0 Å². The van der Waals surface area contributed by atoms with Gasteiger partial charge in [-0.1, -0.05) is 20.8 Å². The van der Waals surface area contributed by atoms with Crippen LogP contribution in [0.4, 0.5) is 0 Å². The Morgan fingerprint density at radius 1 is 1.35 bits per heavy atom. The Labute approximate surface area is 126 Å². The van der Waals surface area contributed by atoms with E-state index in [1.54, 1.807) is 0 Å². The lowest BCUT2D eigenvalue weighted by molar-refractivity contribution is 0.0844. The third-order valence-corrected chi connectivity index (χ3v) is 4.78. The van der Waals surface area contributed by atoms with Crippen molar-refractivity contribution in [2.75, 3.05) is 26.2 Å². The average Bonchev–Trinajstić information content (AvgIpc) is 2.36. The Hall–Kier alpha value is -0.120. The van der Waals surface area contributed by atoms with Crippen LogP contribution in [-0.2, 0) is 0 Å². The van der Waals surface area contributed by atoms with Gasteiger partial charge in [0.25, 0.3) is 0 Å². The fraction of sp³-hybridized carbons (Fsp3) is 1.00. The van der Waals surface area contributed by atoms with Gasteiger partial charge in [0.1, 0.15) is 0 Å². The Morgan fingerprint density at radius 3 is 2.60 bits per heavy atom. The van der Waals surface area contributed by atoms with Crippen molar-refractivity contribution in [1.82, 2.24) is 10.2 Å². The van der Waals surface area contributed by atoms with Crippen LogP contribution in [-0.4, -0.2) is 48.3 Å². The molecule has 1 aliphatic rings. The van der Waals surface area contributed by atoms with Crippen molar-refractivity contribution < 1.29 is 5.11 Å². The molecule has 120 valence electrons. The van der Waals surface area contributed by atoms with E-state index in [1.807, 2.05) is 0 Å². The van der Waals surface area contributed by atoms with Crippen molar-refractivity contribution in [2.24, 2.45) is 11.3 Å². The Bertz CT molecular complexity index is 266. The predicted octanol–water partition coefficient (Wildman–Crippen LogP) is 2.88. The summed E-state index contributed by atoms with van der Waals surface area (Å²) in [5, 5.41) is 12.8. The monoisotopic (exact) mass is 284 g/mol. The summed E-state index contributed by atoms with van der Waals surface area (Å²) in [6.45, 7) is 15.1. The fourth-order valence-electron chi connectivity index (χ4n) is 3.59. The Balaban J connectivity index is 2.65. The van der Waals surface area contributed by atoms with Crippen LogP contribution in [0, 0.1) is 11.3 Å². The smallest absolute Gasteiger partial charge is 0.0443 e. The second kappa shape index (κ2) is 8.35. The van der Waals surface area contributed by atoms with Crippen LogP contribution in [0.5, 0.6) is 0 Å². The first-order valence-electron chi connectivity index (χ1n) is 8.48. The minimum Gasteiger partial charge on any atom is -0.396 e. The maximum atomic E-state index is 9.08. The summed E-state index contributed by atoms with van der Waals surface area (Å²) in [6, 6.07) is 1.23. The third-order valence-electron chi connectivity index (χ3n) is 4.78. The van der Waals surface area contributed by atoms with Crippen LogP contribution in [0.15, 0.2) is 0 Å². The van der Waals surface area contributed by atoms with E-state index in [-0.39, 0.29) is 0 Å². The van der Waals surface area contributed by atoms with E-state index >= 15 is 0 Å². The second-order valence-corrected chi connectivity index (χ2v) is 7.50. The first kappa shape index (κ1) is 17.9. The largest absolute Gasteiger partial charge is 0.396 e. The summed E-state index contributed by atoms with van der Waals surface area (Å²) in [7, 11) is 0. The molecule has 0 spiro atoms. The lowest BCUT2D eigenvalue weighted by Gasteiger charge is -2.44. The third kappa shape index (κ3) is 5.71. The molecular formula is C17H36N2O. The summed E-state index contributed by atoms with van der Waals surface area (Å²) in [5.41, 5.74) is 0.482. The molecule has 2 N–H and O–H groups in total. The average molecular weight is 284 g/mol. The van der Waals surface area contributed by atoms with Gasteiger partial charge in [0.15, 0.2) is 0 Å². The maximum absolute atomic E-state index is 9.08. The van der Waals surface area contributed by atoms with Crippen molar-refractivity contribution in [2.45, 2.75) is 72.4 Å². The highest BCUT2D eigenvalue weighted by atomic mass is 16.3. The highest BCUT2D eigenvalue weighted by Crippen LogP contribution is 2.39. The molecule has 0 aromatic rings. The number of hydrogen-bond donors (Lipinski definition) is 2. The van der Waals surface area contributed by atoms with E-state index in [4.69, 9.17) is 5.11 Å². The van der Waals surface area contributed by atoms with E-state index in [0.717, 1.165) is 25.4 Å². The molecule has 0 aromatic heterocycles. The highest BCUT2D eigenvalue weighted by Gasteiger charge is 2.35. The summed E-state index contributed by atoms with van der Waals surface area (Å²) in [5.74, 6) is 0.736. The lowest BCUT2D eigenvalue weighted by Crippen LogP contribution is -2.49. The van der Waals surface area contributed by atoms with E-state index in [0.29, 0.717) is 24.1 Å². The zero-order valence-corrected chi connectivity index (χ0v) is 14.3. The topological polar surface area (TPSA) is 35.5 Å². The summed E-state index contributed by atoms with van der Waals surface area (Å²) >= 11 is 0. The van der Waals surface area contributed by atoms with E-state index in [9.17, 15) is 0 Å².